The lowest BCUT2D eigenvalue weighted by molar-refractivity contribution is 0.102. The molecule has 1 aliphatic heterocycles. The Morgan fingerprint density at radius 3 is 2.59 bits per heavy atom. The van der Waals surface area contributed by atoms with E-state index in [9.17, 15) is 4.79 Å². The van der Waals surface area contributed by atoms with Gasteiger partial charge in [0.05, 0.1) is 12.2 Å². The highest BCUT2D eigenvalue weighted by molar-refractivity contribution is 6.02. The second-order valence-electron chi connectivity index (χ2n) is 7.42. The summed E-state index contributed by atoms with van der Waals surface area (Å²) in [7, 11) is 0. The van der Waals surface area contributed by atoms with Crippen LogP contribution in [0.15, 0.2) is 12.3 Å². The molecule has 4 rings (SSSR count). The van der Waals surface area contributed by atoms with Crippen molar-refractivity contribution in [1.82, 2.24) is 30.5 Å². The molecule has 9 heteroatoms. The molecule has 3 N–H and O–H groups in total. The predicted octanol–water partition coefficient (Wildman–Crippen LogP) is 3.04. The monoisotopic (exact) mass is 393 g/mol. The van der Waals surface area contributed by atoms with E-state index in [1.807, 2.05) is 10.7 Å². The molecule has 0 unspecified atom stereocenters. The first-order valence-corrected chi connectivity index (χ1v) is 9.79. The van der Waals surface area contributed by atoms with E-state index in [2.05, 4.69) is 31.1 Å². The summed E-state index contributed by atoms with van der Waals surface area (Å²) < 4.78 is 1.82. The van der Waals surface area contributed by atoms with Gasteiger partial charge in [0, 0.05) is 17.7 Å². The minimum Gasteiger partial charge on any atom is -0.317 e. The molecular formula is C18H28ClN7O. The van der Waals surface area contributed by atoms with Crippen molar-refractivity contribution in [2.45, 2.75) is 63.3 Å². The van der Waals surface area contributed by atoms with Crippen molar-refractivity contribution in [2.24, 2.45) is 0 Å². The van der Waals surface area contributed by atoms with Gasteiger partial charge in [-0.2, -0.15) is 5.10 Å². The van der Waals surface area contributed by atoms with Crippen molar-refractivity contribution >= 4 is 24.1 Å². The molecule has 1 saturated carbocycles. The first kappa shape index (κ1) is 19.8. The van der Waals surface area contributed by atoms with E-state index in [-0.39, 0.29) is 18.3 Å². The number of piperidine rings is 1. The van der Waals surface area contributed by atoms with Gasteiger partial charge in [-0.15, -0.1) is 17.5 Å². The molecule has 0 aromatic carbocycles. The number of H-pyrrole nitrogens is 1. The second kappa shape index (κ2) is 9.32. The maximum absolute atomic E-state index is 12.5. The van der Waals surface area contributed by atoms with E-state index in [4.69, 9.17) is 0 Å². The van der Waals surface area contributed by atoms with Gasteiger partial charge >= 0.3 is 0 Å². The number of amides is 1. The van der Waals surface area contributed by atoms with E-state index in [0.717, 1.165) is 31.6 Å². The predicted molar refractivity (Wildman–Crippen MR) is 105 cm³/mol. The van der Waals surface area contributed by atoms with Gasteiger partial charge in [0.15, 0.2) is 11.5 Å². The molecule has 0 spiro atoms. The number of hydrogen-bond acceptors (Lipinski definition) is 5. The Kier molecular flexibility index (Phi) is 6.84. The fourth-order valence-electron chi connectivity index (χ4n) is 4.01. The zero-order valence-electron chi connectivity index (χ0n) is 15.5. The molecule has 0 radical (unpaired) electrons. The average molecular weight is 394 g/mol. The highest BCUT2D eigenvalue weighted by atomic mass is 35.5. The zero-order valence-corrected chi connectivity index (χ0v) is 16.3. The van der Waals surface area contributed by atoms with Crippen LogP contribution >= 0.6 is 12.4 Å². The lowest BCUT2D eigenvalue weighted by atomic mass is 9.97. The highest BCUT2D eigenvalue weighted by Gasteiger charge is 2.20. The number of anilines is 1. The summed E-state index contributed by atoms with van der Waals surface area (Å²) in [5.41, 5.74) is 1.46. The molecule has 2 aromatic heterocycles. The van der Waals surface area contributed by atoms with Crippen molar-refractivity contribution in [1.29, 1.82) is 0 Å². The number of nitrogens with zero attached hydrogens (tertiary/aromatic N) is 4. The Hall–Kier alpha value is -1.93. The Balaban J connectivity index is 0.00000210. The highest BCUT2D eigenvalue weighted by Crippen LogP contribution is 2.31. The lowest BCUT2D eigenvalue weighted by Crippen LogP contribution is -2.29. The normalized spacial score (nSPS) is 19.3. The van der Waals surface area contributed by atoms with Gasteiger partial charge < -0.3 is 10.6 Å². The number of nitrogens with one attached hydrogen (secondary N) is 3. The van der Waals surface area contributed by atoms with Crippen LogP contribution in [0.1, 0.15) is 79.5 Å². The molecule has 27 heavy (non-hydrogen) atoms. The van der Waals surface area contributed by atoms with Crippen LogP contribution in [0.5, 0.6) is 0 Å². The smallest absolute Gasteiger partial charge is 0.279 e. The number of aromatic nitrogens is 5. The maximum atomic E-state index is 12.5. The first-order valence-electron chi connectivity index (χ1n) is 9.79. The first-order chi connectivity index (χ1) is 12.8. The van der Waals surface area contributed by atoms with E-state index < -0.39 is 0 Å². The van der Waals surface area contributed by atoms with E-state index in [0.29, 0.717) is 23.5 Å². The van der Waals surface area contributed by atoms with Crippen LogP contribution in [0.2, 0.25) is 0 Å². The van der Waals surface area contributed by atoms with Crippen LogP contribution in [0, 0.1) is 0 Å². The van der Waals surface area contributed by atoms with Gasteiger partial charge in [-0.05, 0) is 38.8 Å². The van der Waals surface area contributed by atoms with Crippen LogP contribution < -0.4 is 10.6 Å². The minimum absolute atomic E-state index is 0. The van der Waals surface area contributed by atoms with Crippen molar-refractivity contribution in [3.63, 3.8) is 0 Å². The van der Waals surface area contributed by atoms with Gasteiger partial charge in [-0.3, -0.25) is 9.89 Å². The van der Waals surface area contributed by atoms with Gasteiger partial charge in [0.2, 0.25) is 0 Å². The van der Waals surface area contributed by atoms with Crippen molar-refractivity contribution in [3.8, 4) is 0 Å². The summed E-state index contributed by atoms with van der Waals surface area (Å²) in [4.78, 5) is 12.5. The third kappa shape index (κ3) is 4.87. The molecule has 3 heterocycles. The Labute approximate surface area is 165 Å². The molecule has 1 saturated heterocycles. The standard InChI is InChI=1S/C18H27N7O.ClH/c26-18(16-12-25(24-22-16)14-7-9-19-10-8-14)20-17-11-15(21-23-17)13-5-3-1-2-4-6-13;/h11-14,19H,1-10H2,(H2,20,21,23,26);1H. The third-order valence-corrected chi connectivity index (χ3v) is 5.56. The van der Waals surface area contributed by atoms with E-state index in [1.54, 1.807) is 6.20 Å². The summed E-state index contributed by atoms with van der Waals surface area (Å²) >= 11 is 0. The number of carbonyl (C=O) groups is 1. The molecule has 148 valence electrons. The minimum atomic E-state index is -0.260. The topological polar surface area (TPSA) is 101 Å². The van der Waals surface area contributed by atoms with Gasteiger partial charge in [0.25, 0.3) is 5.91 Å². The number of halogens is 1. The Bertz CT molecular complexity index is 730. The molecule has 0 atom stereocenters. The summed E-state index contributed by atoms with van der Waals surface area (Å²) in [6.07, 6.45) is 11.3. The van der Waals surface area contributed by atoms with Crippen LogP contribution in [-0.4, -0.2) is 44.2 Å². The van der Waals surface area contributed by atoms with Crippen molar-refractivity contribution in [3.05, 3.63) is 23.7 Å². The van der Waals surface area contributed by atoms with Crippen LogP contribution in [0.25, 0.3) is 0 Å². The number of aromatic amines is 1. The number of hydrogen-bond donors (Lipinski definition) is 3. The fraction of sp³-hybridized carbons (Fsp3) is 0.667. The molecule has 1 aliphatic carbocycles. The number of carbonyl (C=O) groups excluding carboxylic acids is 1. The zero-order chi connectivity index (χ0) is 17.8. The molecule has 0 bridgehead atoms. The molecule has 1 amide bonds. The van der Waals surface area contributed by atoms with Crippen molar-refractivity contribution < 1.29 is 4.79 Å². The summed E-state index contributed by atoms with van der Waals surface area (Å²) in [6.45, 7) is 1.95. The Morgan fingerprint density at radius 2 is 1.85 bits per heavy atom. The fourth-order valence-corrected chi connectivity index (χ4v) is 4.01. The molecule has 2 aliphatic rings. The Morgan fingerprint density at radius 1 is 1.11 bits per heavy atom. The second-order valence-corrected chi connectivity index (χ2v) is 7.42. The SMILES string of the molecule is Cl.O=C(Nc1cc(C2CCCCCC2)[nH]n1)c1cn(C2CCNCC2)nn1. The van der Waals surface area contributed by atoms with Crippen LogP contribution in [-0.2, 0) is 0 Å². The molecular weight excluding hydrogens is 366 g/mol. The van der Waals surface area contributed by atoms with Gasteiger partial charge in [0.1, 0.15) is 0 Å². The lowest BCUT2D eigenvalue weighted by Gasteiger charge is -2.21. The largest absolute Gasteiger partial charge is 0.317 e. The summed E-state index contributed by atoms with van der Waals surface area (Å²) in [5, 5.41) is 21.7. The van der Waals surface area contributed by atoms with Crippen LogP contribution in [0.3, 0.4) is 0 Å². The molecule has 8 nitrogen and oxygen atoms in total. The summed E-state index contributed by atoms with van der Waals surface area (Å²) in [5.74, 6) is 0.825. The van der Waals surface area contributed by atoms with Gasteiger partial charge in [-0.25, -0.2) is 4.68 Å². The van der Waals surface area contributed by atoms with Crippen molar-refractivity contribution in [2.75, 3.05) is 18.4 Å². The van der Waals surface area contributed by atoms with E-state index >= 15 is 0 Å². The quantitative estimate of drug-likeness (QED) is 0.693. The third-order valence-electron chi connectivity index (χ3n) is 5.56. The average Bonchev–Trinajstić information content (AvgIpc) is 3.26. The summed E-state index contributed by atoms with van der Waals surface area (Å²) in [6, 6.07) is 2.28. The van der Waals surface area contributed by atoms with Crippen LogP contribution in [0.4, 0.5) is 5.82 Å². The maximum Gasteiger partial charge on any atom is 0.279 e. The van der Waals surface area contributed by atoms with Gasteiger partial charge in [-0.1, -0.05) is 30.9 Å². The molecule has 2 fully saturated rings. The molecule has 2 aromatic rings. The number of rotatable bonds is 4. The van der Waals surface area contributed by atoms with E-state index in [1.165, 1.54) is 38.5 Å².